The molecule has 1 aromatic rings. The number of aromatic amines is 1. The Morgan fingerprint density at radius 1 is 1.64 bits per heavy atom. The molecule has 76 valence electrons. The molecule has 0 atom stereocenters. The highest BCUT2D eigenvalue weighted by atomic mass is 16.1. The number of likely N-dealkylation sites (N-methyl/N-ethyl adjacent to an activating group) is 1. The summed E-state index contributed by atoms with van der Waals surface area (Å²) in [6.45, 7) is 0.844. The van der Waals surface area contributed by atoms with E-state index in [0.717, 1.165) is 24.5 Å². The summed E-state index contributed by atoms with van der Waals surface area (Å²) in [5.74, 6) is 1.35. The zero-order chi connectivity index (χ0) is 9.97. The number of rotatable bonds is 4. The summed E-state index contributed by atoms with van der Waals surface area (Å²) in [6, 6.07) is 1.63. The van der Waals surface area contributed by atoms with E-state index in [1.807, 2.05) is 7.05 Å². The van der Waals surface area contributed by atoms with Gasteiger partial charge in [0.25, 0.3) is 5.56 Å². The standard InChI is InChI=1S/C10H15N3O/c1-11-5-4-9-12-8(7-2-3-7)6-10(14)13-9/h6-7,11H,2-5H2,1H3,(H,12,13,14). The van der Waals surface area contributed by atoms with Crippen LogP contribution in [0.5, 0.6) is 0 Å². The van der Waals surface area contributed by atoms with E-state index in [0.29, 0.717) is 5.92 Å². The van der Waals surface area contributed by atoms with Crippen LogP contribution in [-0.4, -0.2) is 23.6 Å². The van der Waals surface area contributed by atoms with Crippen molar-refractivity contribution in [3.8, 4) is 0 Å². The van der Waals surface area contributed by atoms with Gasteiger partial charge < -0.3 is 10.3 Å². The molecule has 0 radical (unpaired) electrons. The SMILES string of the molecule is CNCCc1nc(C2CC2)cc(=O)[nH]1. The Morgan fingerprint density at radius 3 is 3.07 bits per heavy atom. The zero-order valence-electron chi connectivity index (χ0n) is 8.34. The average Bonchev–Trinajstić information content (AvgIpc) is 2.97. The molecule has 0 aromatic carbocycles. The molecule has 14 heavy (non-hydrogen) atoms. The fraction of sp³-hybridized carbons (Fsp3) is 0.600. The van der Waals surface area contributed by atoms with E-state index in [1.165, 1.54) is 12.8 Å². The molecular weight excluding hydrogens is 178 g/mol. The van der Waals surface area contributed by atoms with Gasteiger partial charge in [0.2, 0.25) is 0 Å². The van der Waals surface area contributed by atoms with Gasteiger partial charge in [-0.1, -0.05) is 0 Å². The summed E-state index contributed by atoms with van der Waals surface area (Å²) in [5.41, 5.74) is 0.952. The highest BCUT2D eigenvalue weighted by molar-refractivity contribution is 5.14. The molecule has 0 spiro atoms. The molecule has 0 saturated heterocycles. The molecule has 0 bridgehead atoms. The third-order valence-corrected chi connectivity index (χ3v) is 2.42. The molecule has 2 N–H and O–H groups in total. The lowest BCUT2D eigenvalue weighted by molar-refractivity contribution is 0.742. The Bertz CT molecular complexity index is 368. The van der Waals surface area contributed by atoms with Crippen molar-refractivity contribution in [2.24, 2.45) is 0 Å². The second kappa shape index (κ2) is 3.92. The molecule has 0 unspecified atom stereocenters. The first-order chi connectivity index (χ1) is 6.79. The summed E-state index contributed by atoms with van der Waals surface area (Å²) in [5, 5.41) is 3.04. The predicted octanol–water partition coefficient (Wildman–Crippen LogP) is 0.409. The maximum atomic E-state index is 11.3. The molecule has 1 fully saturated rings. The van der Waals surface area contributed by atoms with Crippen LogP contribution >= 0.6 is 0 Å². The molecule has 0 amide bonds. The minimum absolute atomic E-state index is 0.0204. The van der Waals surface area contributed by atoms with Gasteiger partial charge in [0.1, 0.15) is 5.82 Å². The Kier molecular flexibility index (Phi) is 2.63. The maximum absolute atomic E-state index is 11.3. The van der Waals surface area contributed by atoms with Crippen molar-refractivity contribution in [3.05, 3.63) is 27.9 Å². The van der Waals surface area contributed by atoms with Gasteiger partial charge in [-0.15, -0.1) is 0 Å². The number of nitrogens with zero attached hydrogens (tertiary/aromatic N) is 1. The second-order valence-corrected chi connectivity index (χ2v) is 3.74. The second-order valence-electron chi connectivity index (χ2n) is 3.74. The summed E-state index contributed by atoms with van der Waals surface area (Å²) in [7, 11) is 1.89. The lowest BCUT2D eigenvalue weighted by atomic mass is 10.2. The third-order valence-electron chi connectivity index (χ3n) is 2.42. The molecule has 1 aliphatic carbocycles. The largest absolute Gasteiger partial charge is 0.319 e. The third kappa shape index (κ3) is 2.20. The quantitative estimate of drug-likeness (QED) is 0.728. The monoisotopic (exact) mass is 193 g/mol. The smallest absolute Gasteiger partial charge is 0.251 e. The van der Waals surface area contributed by atoms with E-state index in [-0.39, 0.29) is 5.56 Å². The van der Waals surface area contributed by atoms with Crippen LogP contribution in [0.2, 0.25) is 0 Å². The van der Waals surface area contributed by atoms with Gasteiger partial charge in [-0.05, 0) is 19.9 Å². The van der Waals surface area contributed by atoms with Gasteiger partial charge >= 0.3 is 0 Å². The number of aromatic nitrogens is 2. The Labute approximate surface area is 82.8 Å². The number of nitrogens with one attached hydrogen (secondary N) is 2. The average molecular weight is 193 g/mol. The lowest BCUT2D eigenvalue weighted by Gasteiger charge is -2.02. The normalized spacial score (nSPS) is 15.8. The van der Waals surface area contributed by atoms with Gasteiger partial charge in [0.15, 0.2) is 0 Å². The van der Waals surface area contributed by atoms with Crippen LogP contribution in [0.15, 0.2) is 10.9 Å². The Balaban J connectivity index is 2.18. The van der Waals surface area contributed by atoms with E-state index in [9.17, 15) is 4.79 Å². The highest BCUT2D eigenvalue weighted by Gasteiger charge is 2.25. The van der Waals surface area contributed by atoms with E-state index < -0.39 is 0 Å². The van der Waals surface area contributed by atoms with Gasteiger partial charge in [-0.2, -0.15) is 0 Å². The first-order valence-electron chi connectivity index (χ1n) is 5.04. The molecule has 0 aliphatic heterocycles. The van der Waals surface area contributed by atoms with Gasteiger partial charge in [0.05, 0.1) is 5.69 Å². The minimum Gasteiger partial charge on any atom is -0.319 e. The summed E-state index contributed by atoms with van der Waals surface area (Å²) >= 11 is 0. The van der Waals surface area contributed by atoms with Gasteiger partial charge in [-0.25, -0.2) is 4.98 Å². The van der Waals surface area contributed by atoms with Gasteiger partial charge in [-0.3, -0.25) is 4.79 Å². The van der Waals surface area contributed by atoms with Crippen LogP contribution in [0.1, 0.15) is 30.3 Å². The molecule has 4 nitrogen and oxygen atoms in total. The van der Waals surface area contributed by atoms with E-state index in [1.54, 1.807) is 6.07 Å². The fourth-order valence-corrected chi connectivity index (χ4v) is 1.48. The van der Waals surface area contributed by atoms with Crippen molar-refractivity contribution < 1.29 is 0 Å². The first kappa shape index (κ1) is 9.40. The number of hydrogen-bond donors (Lipinski definition) is 2. The Hall–Kier alpha value is -1.16. The van der Waals surface area contributed by atoms with E-state index >= 15 is 0 Å². The Morgan fingerprint density at radius 2 is 2.43 bits per heavy atom. The highest BCUT2D eigenvalue weighted by Crippen LogP contribution is 2.38. The van der Waals surface area contributed by atoms with E-state index in [2.05, 4.69) is 15.3 Å². The van der Waals surface area contributed by atoms with Crippen LogP contribution in [0, 0.1) is 0 Å². The fourth-order valence-electron chi connectivity index (χ4n) is 1.48. The molecule has 1 aliphatic rings. The van der Waals surface area contributed by atoms with Crippen LogP contribution in [0.4, 0.5) is 0 Å². The van der Waals surface area contributed by atoms with Crippen molar-refractivity contribution in [1.82, 2.24) is 15.3 Å². The van der Waals surface area contributed by atoms with Gasteiger partial charge in [0, 0.05) is 24.9 Å². The lowest BCUT2D eigenvalue weighted by Crippen LogP contribution is -2.17. The van der Waals surface area contributed by atoms with Crippen molar-refractivity contribution >= 4 is 0 Å². The molecule has 4 heteroatoms. The molecule has 1 saturated carbocycles. The van der Waals surface area contributed by atoms with Crippen molar-refractivity contribution in [2.75, 3.05) is 13.6 Å². The van der Waals surface area contributed by atoms with Crippen molar-refractivity contribution in [1.29, 1.82) is 0 Å². The first-order valence-corrected chi connectivity index (χ1v) is 5.04. The molecule has 2 rings (SSSR count). The minimum atomic E-state index is -0.0204. The maximum Gasteiger partial charge on any atom is 0.251 e. The zero-order valence-corrected chi connectivity index (χ0v) is 8.34. The number of hydrogen-bond acceptors (Lipinski definition) is 3. The van der Waals surface area contributed by atoms with Crippen LogP contribution in [0.3, 0.4) is 0 Å². The predicted molar refractivity (Wildman–Crippen MR) is 54.5 cm³/mol. The molecular formula is C10H15N3O. The van der Waals surface area contributed by atoms with Crippen molar-refractivity contribution in [2.45, 2.75) is 25.2 Å². The summed E-state index contributed by atoms with van der Waals surface area (Å²) in [6.07, 6.45) is 3.15. The van der Waals surface area contributed by atoms with E-state index in [4.69, 9.17) is 0 Å². The van der Waals surface area contributed by atoms with Crippen LogP contribution in [-0.2, 0) is 6.42 Å². The molecule has 1 heterocycles. The molecule has 1 aromatic heterocycles. The number of H-pyrrole nitrogens is 1. The van der Waals surface area contributed by atoms with Crippen molar-refractivity contribution in [3.63, 3.8) is 0 Å². The van der Waals surface area contributed by atoms with Crippen LogP contribution in [0.25, 0.3) is 0 Å². The topological polar surface area (TPSA) is 57.8 Å². The van der Waals surface area contributed by atoms with Crippen LogP contribution < -0.4 is 10.9 Å². The summed E-state index contributed by atoms with van der Waals surface area (Å²) < 4.78 is 0. The summed E-state index contributed by atoms with van der Waals surface area (Å²) in [4.78, 5) is 18.5.